The first-order valence-corrected chi connectivity index (χ1v) is 9.10. The molecule has 0 aliphatic rings. The maximum absolute atomic E-state index is 12.4. The maximum Gasteiger partial charge on any atom is 0.306 e. The van der Waals surface area contributed by atoms with Gasteiger partial charge in [-0.1, -0.05) is 30.3 Å². The van der Waals surface area contributed by atoms with Crippen LogP contribution in [0.3, 0.4) is 0 Å². The number of hydrogen-bond donors (Lipinski definition) is 0. The van der Waals surface area contributed by atoms with Gasteiger partial charge in [0.2, 0.25) is 5.89 Å². The Morgan fingerprint density at radius 2 is 1.83 bits per heavy atom. The summed E-state index contributed by atoms with van der Waals surface area (Å²) >= 11 is 0. The van der Waals surface area contributed by atoms with E-state index in [1.54, 1.807) is 25.2 Å². The Morgan fingerprint density at radius 3 is 2.66 bits per heavy atom. The number of aryl methyl sites for hydroxylation is 1. The van der Waals surface area contributed by atoms with Crippen LogP contribution in [-0.2, 0) is 29.6 Å². The van der Waals surface area contributed by atoms with Gasteiger partial charge >= 0.3 is 5.97 Å². The average molecular weight is 390 g/mol. The Hall–Kier alpha value is -3.81. The van der Waals surface area contributed by atoms with Crippen molar-refractivity contribution in [3.63, 3.8) is 0 Å². The zero-order valence-corrected chi connectivity index (χ0v) is 15.7. The van der Waals surface area contributed by atoms with E-state index < -0.39 is 5.97 Å². The number of rotatable bonds is 6. The Balaban J connectivity index is 1.36. The molecular weight excluding hydrogens is 372 g/mol. The summed E-state index contributed by atoms with van der Waals surface area (Å²) in [5.41, 5.74) is 1.26. The summed E-state index contributed by atoms with van der Waals surface area (Å²) in [6.07, 6.45) is 0.368. The lowest BCUT2D eigenvalue weighted by molar-refractivity contribution is -0.145. The van der Waals surface area contributed by atoms with Gasteiger partial charge in [0.15, 0.2) is 6.61 Å². The predicted molar refractivity (Wildman–Crippen MR) is 105 cm³/mol. The lowest BCUT2D eigenvalue weighted by Gasteiger charge is -2.08. The second kappa shape index (κ2) is 8.05. The molecule has 4 aromatic rings. The van der Waals surface area contributed by atoms with E-state index in [9.17, 15) is 9.59 Å². The molecule has 0 saturated carbocycles. The van der Waals surface area contributed by atoms with Crippen molar-refractivity contribution in [2.24, 2.45) is 7.05 Å². The van der Waals surface area contributed by atoms with Gasteiger partial charge in [0.1, 0.15) is 5.82 Å². The molecule has 146 valence electrons. The highest BCUT2D eigenvalue weighted by Gasteiger charge is 2.13. The van der Waals surface area contributed by atoms with Crippen molar-refractivity contribution in [3.05, 3.63) is 76.7 Å². The van der Waals surface area contributed by atoms with Gasteiger partial charge in [-0.25, -0.2) is 4.98 Å². The SMILES string of the molecule is Cn1c(CCC(=O)OCc2nnc(-c3ccccc3)o2)nc2ccccc2c1=O. The van der Waals surface area contributed by atoms with Crippen molar-refractivity contribution >= 4 is 16.9 Å². The van der Waals surface area contributed by atoms with E-state index in [4.69, 9.17) is 9.15 Å². The fourth-order valence-corrected chi connectivity index (χ4v) is 2.93. The second-order valence-electron chi connectivity index (χ2n) is 6.44. The number of aromatic nitrogens is 4. The van der Waals surface area contributed by atoms with Gasteiger partial charge in [0.25, 0.3) is 11.4 Å². The van der Waals surface area contributed by atoms with E-state index in [2.05, 4.69) is 15.2 Å². The molecule has 0 radical (unpaired) electrons. The van der Waals surface area contributed by atoms with Gasteiger partial charge in [0, 0.05) is 19.0 Å². The number of esters is 1. The number of hydrogen-bond acceptors (Lipinski definition) is 7. The molecule has 0 amide bonds. The largest absolute Gasteiger partial charge is 0.456 e. The van der Waals surface area contributed by atoms with E-state index in [1.165, 1.54) is 4.57 Å². The summed E-state index contributed by atoms with van der Waals surface area (Å²) in [6.45, 7) is -0.108. The van der Waals surface area contributed by atoms with Crippen molar-refractivity contribution in [2.45, 2.75) is 19.4 Å². The molecule has 2 aromatic carbocycles. The maximum atomic E-state index is 12.4. The van der Waals surface area contributed by atoms with Crippen LogP contribution in [0.25, 0.3) is 22.4 Å². The zero-order valence-electron chi connectivity index (χ0n) is 15.7. The molecule has 29 heavy (non-hydrogen) atoms. The van der Waals surface area contributed by atoms with Crippen LogP contribution in [0.4, 0.5) is 0 Å². The fraction of sp³-hybridized carbons (Fsp3) is 0.190. The predicted octanol–water partition coefficient (Wildman–Crippen LogP) is 2.66. The Labute approximate surface area is 165 Å². The zero-order chi connectivity index (χ0) is 20.2. The molecule has 8 heteroatoms. The van der Waals surface area contributed by atoms with Crippen molar-refractivity contribution in [1.29, 1.82) is 0 Å². The van der Waals surface area contributed by atoms with Crippen molar-refractivity contribution in [2.75, 3.05) is 0 Å². The van der Waals surface area contributed by atoms with E-state index in [0.29, 0.717) is 22.6 Å². The van der Waals surface area contributed by atoms with E-state index in [1.807, 2.05) is 36.4 Å². The Kier molecular flexibility index (Phi) is 5.15. The quantitative estimate of drug-likeness (QED) is 0.467. The standard InChI is InChI=1S/C21H18N4O4/c1-25-17(22-16-10-6-5-9-15(16)21(25)27)11-12-19(26)28-13-18-23-24-20(29-18)14-7-3-2-4-8-14/h2-10H,11-13H2,1H3. The van der Waals surface area contributed by atoms with Crippen LogP contribution >= 0.6 is 0 Å². The number of carbonyl (C=O) groups excluding carboxylic acids is 1. The van der Waals surface area contributed by atoms with Crippen molar-refractivity contribution in [3.8, 4) is 11.5 Å². The van der Waals surface area contributed by atoms with Crippen LogP contribution in [-0.4, -0.2) is 25.7 Å². The molecule has 2 heterocycles. The molecule has 0 atom stereocenters. The van der Waals surface area contributed by atoms with Gasteiger partial charge in [0.05, 0.1) is 17.3 Å². The van der Waals surface area contributed by atoms with Crippen molar-refractivity contribution < 1.29 is 13.9 Å². The minimum atomic E-state index is -0.438. The Bertz CT molecular complexity index is 1210. The van der Waals surface area contributed by atoms with Crippen LogP contribution in [0, 0.1) is 0 Å². The summed E-state index contributed by atoms with van der Waals surface area (Å²) in [5.74, 6) is 0.669. The molecular formula is C21H18N4O4. The molecule has 0 spiro atoms. The number of nitrogens with zero attached hydrogens (tertiary/aromatic N) is 4. The lowest BCUT2D eigenvalue weighted by Crippen LogP contribution is -2.23. The molecule has 8 nitrogen and oxygen atoms in total. The smallest absolute Gasteiger partial charge is 0.306 e. The molecule has 0 unspecified atom stereocenters. The van der Waals surface area contributed by atoms with E-state index in [0.717, 1.165) is 5.56 Å². The monoisotopic (exact) mass is 390 g/mol. The first-order chi connectivity index (χ1) is 14.1. The summed E-state index contributed by atoms with van der Waals surface area (Å²) in [7, 11) is 1.64. The normalized spacial score (nSPS) is 10.9. The molecule has 0 aliphatic heterocycles. The molecule has 0 bridgehead atoms. The third-order valence-corrected chi connectivity index (χ3v) is 4.47. The van der Waals surface area contributed by atoms with Crippen LogP contribution in [0.2, 0.25) is 0 Å². The third-order valence-electron chi connectivity index (χ3n) is 4.47. The van der Waals surface area contributed by atoms with E-state index >= 15 is 0 Å². The van der Waals surface area contributed by atoms with Crippen LogP contribution < -0.4 is 5.56 Å². The van der Waals surface area contributed by atoms with Gasteiger partial charge in [-0.15, -0.1) is 10.2 Å². The van der Waals surface area contributed by atoms with Gasteiger partial charge in [-0.2, -0.15) is 0 Å². The van der Waals surface area contributed by atoms with Gasteiger partial charge in [-0.05, 0) is 24.3 Å². The van der Waals surface area contributed by atoms with Crippen LogP contribution in [0.1, 0.15) is 18.1 Å². The van der Waals surface area contributed by atoms with Crippen molar-refractivity contribution in [1.82, 2.24) is 19.7 Å². The number of ether oxygens (including phenoxy) is 1. The summed E-state index contributed by atoms with van der Waals surface area (Å²) in [5, 5.41) is 8.39. The van der Waals surface area contributed by atoms with Crippen LogP contribution in [0.15, 0.2) is 63.8 Å². The second-order valence-corrected chi connectivity index (χ2v) is 6.44. The molecule has 0 N–H and O–H groups in total. The van der Waals surface area contributed by atoms with E-state index in [-0.39, 0.29) is 30.9 Å². The molecule has 2 aromatic heterocycles. The number of para-hydroxylation sites is 1. The Morgan fingerprint density at radius 1 is 1.07 bits per heavy atom. The fourth-order valence-electron chi connectivity index (χ4n) is 2.93. The summed E-state index contributed by atoms with van der Waals surface area (Å²) < 4.78 is 12.2. The van der Waals surface area contributed by atoms with Crippen LogP contribution in [0.5, 0.6) is 0 Å². The highest BCUT2D eigenvalue weighted by Crippen LogP contribution is 2.17. The number of carbonyl (C=O) groups is 1. The summed E-state index contributed by atoms with van der Waals surface area (Å²) in [6, 6.07) is 16.5. The minimum absolute atomic E-state index is 0.0816. The molecule has 0 aliphatic carbocycles. The molecule has 4 rings (SSSR count). The van der Waals surface area contributed by atoms with Gasteiger partial charge < -0.3 is 9.15 Å². The first-order valence-electron chi connectivity index (χ1n) is 9.10. The number of benzene rings is 2. The lowest BCUT2D eigenvalue weighted by atomic mass is 10.2. The minimum Gasteiger partial charge on any atom is -0.456 e. The first kappa shape index (κ1) is 18.5. The third kappa shape index (κ3) is 4.06. The highest BCUT2D eigenvalue weighted by atomic mass is 16.5. The van der Waals surface area contributed by atoms with Gasteiger partial charge in [-0.3, -0.25) is 14.2 Å². The average Bonchev–Trinajstić information content (AvgIpc) is 3.23. The summed E-state index contributed by atoms with van der Waals surface area (Å²) in [4.78, 5) is 29.0. The topological polar surface area (TPSA) is 100 Å². The molecule has 0 fully saturated rings. The number of fused-ring (bicyclic) bond motifs is 1. The highest BCUT2D eigenvalue weighted by molar-refractivity contribution is 5.77. The molecule has 0 saturated heterocycles.